The standard InChI is InChI=1S/C10H12O6/c1-6-4-5-7(16-6)10(13,8(11)14-2)9(12)15-3/h4-5,13H,1-3H3. The molecular formula is C10H12O6. The van der Waals surface area contributed by atoms with Crippen LogP contribution in [0.1, 0.15) is 11.5 Å². The normalized spacial score (nSPS) is 11.0. The number of furan rings is 1. The SMILES string of the molecule is COC(=O)C(O)(C(=O)OC)c1ccc(C)o1. The largest absolute Gasteiger partial charge is 0.466 e. The molecule has 0 bridgehead atoms. The van der Waals surface area contributed by atoms with E-state index in [1.807, 2.05) is 0 Å². The molecule has 0 amide bonds. The molecule has 0 saturated heterocycles. The monoisotopic (exact) mass is 228 g/mol. The Bertz CT molecular complexity index is 389. The topological polar surface area (TPSA) is 86.0 Å². The minimum absolute atomic E-state index is 0.233. The van der Waals surface area contributed by atoms with Crippen molar-refractivity contribution in [3.63, 3.8) is 0 Å². The van der Waals surface area contributed by atoms with Crippen molar-refractivity contribution in [1.82, 2.24) is 0 Å². The van der Waals surface area contributed by atoms with E-state index >= 15 is 0 Å². The zero-order valence-corrected chi connectivity index (χ0v) is 9.14. The number of rotatable bonds is 3. The minimum Gasteiger partial charge on any atom is -0.466 e. The number of methoxy groups -OCH3 is 2. The highest BCUT2D eigenvalue weighted by molar-refractivity contribution is 6.03. The zero-order valence-electron chi connectivity index (χ0n) is 9.14. The van der Waals surface area contributed by atoms with E-state index in [0.717, 1.165) is 14.2 Å². The van der Waals surface area contributed by atoms with E-state index in [4.69, 9.17) is 4.42 Å². The molecule has 6 nitrogen and oxygen atoms in total. The maximum Gasteiger partial charge on any atom is 0.358 e. The predicted molar refractivity (Wildman–Crippen MR) is 51.4 cm³/mol. The van der Waals surface area contributed by atoms with E-state index in [0.29, 0.717) is 5.76 Å². The lowest BCUT2D eigenvalue weighted by Gasteiger charge is -2.19. The van der Waals surface area contributed by atoms with Gasteiger partial charge in [0.2, 0.25) is 0 Å². The molecular weight excluding hydrogens is 216 g/mol. The summed E-state index contributed by atoms with van der Waals surface area (Å²) in [6, 6.07) is 2.81. The summed E-state index contributed by atoms with van der Waals surface area (Å²) in [7, 11) is 2.10. The van der Waals surface area contributed by atoms with Crippen molar-refractivity contribution in [2.24, 2.45) is 0 Å². The Labute approximate surface area is 91.8 Å². The van der Waals surface area contributed by atoms with E-state index in [1.165, 1.54) is 12.1 Å². The van der Waals surface area contributed by atoms with Gasteiger partial charge in [0.1, 0.15) is 5.76 Å². The summed E-state index contributed by atoms with van der Waals surface area (Å²) in [5.74, 6) is -2.10. The molecule has 0 atom stereocenters. The van der Waals surface area contributed by atoms with Crippen LogP contribution in [-0.4, -0.2) is 31.3 Å². The average Bonchev–Trinajstić information content (AvgIpc) is 2.72. The molecule has 0 aliphatic heterocycles. The fraction of sp³-hybridized carbons (Fsp3) is 0.400. The van der Waals surface area contributed by atoms with Gasteiger partial charge in [0.25, 0.3) is 0 Å². The lowest BCUT2D eigenvalue weighted by Crippen LogP contribution is -2.45. The van der Waals surface area contributed by atoms with Crippen LogP contribution in [-0.2, 0) is 24.7 Å². The predicted octanol–water partition coefficient (Wildman–Crippen LogP) is 0.122. The summed E-state index contributed by atoms with van der Waals surface area (Å²) in [5.41, 5.74) is -2.56. The number of carbonyl (C=O) groups is 2. The molecule has 1 aromatic heterocycles. The lowest BCUT2D eigenvalue weighted by atomic mass is 10.0. The third kappa shape index (κ3) is 1.79. The van der Waals surface area contributed by atoms with Gasteiger partial charge in [-0.2, -0.15) is 0 Å². The van der Waals surface area contributed by atoms with Gasteiger partial charge in [-0.1, -0.05) is 0 Å². The third-order valence-corrected chi connectivity index (χ3v) is 2.06. The summed E-state index contributed by atoms with van der Waals surface area (Å²) in [6.45, 7) is 1.61. The van der Waals surface area contributed by atoms with Crippen LogP contribution in [0.3, 0.4) is 0 Å². The van der Waals surface area contributed by atoms with E-state index in [9.17, 15) is 14.7 Å². The summed E-state index contributed by atoms with van der Waals surface area (Å²) in [6.07, 6.45) is 0. The van der Waals surface area contributed by atoms with E-state index in [1.54, 1.807) is 6.92 Å². The second kappa shape index (κ2) is 4.36. The molecule has 0 radical (unpaired) electrons. The Hall–Kier alpha value is -1.82. The molecule has 16 heavy (non-hydrogen) atoms. The minimum atomic E-state index is -2.56. The number of aryl methyl sites for hydroxylation is 1. The zero-order chi connectivity index (χ0) is 12.3. The highest BCUT2D eigenvalue weighted by Crippen LogP contribution is 2.26. The summed E-state index contributed by atoms with van der Waals surface area (Å²) in [4.78, 5) is 22.8. The van der Waals surface area contributed by atoms with Crippen LogP contribution in [0.5, 0.6) is 0 Å². The van der Waals surface area contributed by atoms with Gasteiger partial charge < -0.3 is 19.0 Å². The molecule has 0 aromatic carbocycles. The Morgan fingerprint density at radius 2 is 1.75 bits per heavy atom. The maximum atomic E-state index is 11.4. The molecule has 0 saturated carbocycles. The Morgan fingerprint density at radius 1 is 1.25 bits per heavy atom. The van der Waals surface area contributed by atoms with Gasteiger partial charge in [-0.3, -0.25) is 0 Å². The molecule has 1 heterocycles. The Kier molecular flexibility index (Phi) is 3.34. The van der Waals surface area contributed by atoms with Crippen LogP contribution in [0.15, 0.2) is 16.5 Å². The van der Waals surface area contributed by atoms with Gasteiger partial charge >= 0.3 is 17.5 Å². The Morgan fingerprint density at radius 3 is 2.06 bits per heavy atom. The lowest BCUT2D eigenvalue weighted by molar-refractivity contribution is -0.183. The summed E-state index contributed by atoms with van der Waals surface area (Å²) < 4.78 is 13.7. The number of esters is 2. The highest BCUT2D eigenvalue weighted by Gasteiger charge is 2.51. The first-order chi connectivity index (χ1) is 7.46. The fourth-order valence-corrected chi connectivity index (χ4v) is 1.21. The first-order valence-electron chi connectivity index (χ1n) is 4.43. The van der Waals surface area contributed by atoms with Crippen LogP contribution < -0.4 is 0 Å². The van der Waals surface area contributed by atoms with Gasteiger partial charge in [-0.05, 0) is 19.1 Å². The number of carbonyl (C=O) groups excluding carboxylic acids is 2. The molecule has 0 fully saturated rings. The van der Waals surface area contributed by atoms with Crippen molar-refractivity contribution in [2.75, 3.05) is 14.2 Å². The van der Waals surface area contributed by atoms with E-state index in [-0.39, 0.29) is 5.76 Å². The van der Waals surface area contributed by atoms with Gasteiger partial charge in [0.15, 0.2) is 5.76 Å². The average molecular weight is 228 g/mol. The molecule has 0 aliphatic rings. The van der Waals surface area contributed by atoms with Gasteiger partial charge in [0.05, 0.1) is 14.2 Å². The first kappa shape index (κ1) is 12.3. The van der Waals surface area contributed by atoms with Crippen molar-refractivity contribution in [2.45, 2.75) is 12.5 Å². The number of ether oxygens (including phenoxy) is 2. The van der Waals surface area contributed by atoms with Crippen LogP contribution in [0.2, 0.25) is 0 Å². The molecule has 1 aromatic rings. The molecule has 1 rings (SSSR count). The summed E-state index contributed by atoms with van der Waals surface area (Å²) in [5, 5.41) is 9.99. The van der Waals surface area contributed by atoms with Gasteiger partial charge in [-0.15, -0.1) is 0 Å². The van der Waals surface area contributed by atoms with Gasteiger partial charge in [-0.25, -0.2) is 9.59 Å². The van der Waals surface area contributed by atoms with Crippen molar-refractivity contribution in [3.8, 4) is 0 Å². The molecule has 88 valence electrons. The van der Waals surface area contributed by atoms with Crippen LogP contribution in [0.25, 0.3) is 0 Å². The Balaban J connectivity index is 3.24. The van der Waals surface area contributed by atoms with Gasteiger partial charge in [0, 0.05) is 0 Å². The van der Waals surface area contributed by atoms with Crippen molar-refractivity contribution >= 4 is 11.9 Å². The molecule has 0 unspecified atom stereocenters. The highest BCUT2D eigenvalue weighted by atomic mass is 16.6. The van der Waals surface area contributed by atoms with Crippen LogP contribution in [0.4, 0.5) is 0 Å². The molecule has 0 spiro atoms. The van der Waals surface area contributed by atoms with Crippen molar-refractivity contribution in [1.29, 1.82) is 0 Å². The van der Waals surface area contributed by atoms with Crippen LogP contribution >= 0.6 is 0 Å². The van der Waals surface area contributed by atoms with E-state index < -0.39 is 17.5 Å². The van der Waals surface area contributed by atoms with Crippen molar-refractivity contribution < 1.29 is 28.6 Å². The summed E-state index contributed by atoms with van der Waals surface area (Å²) >= 11 is 0. The fourth-order valence-electron chi connectivity index (χ4n) is 1.21. The van der Waals surface area contributed by atoms with E-state index in [2.05, 4.69) is 9.47 Å². The van der Waals surface area contributed by atoms with Crippen molar-refractivity contribution in [3.05, 3.63) is 23.7 Å². The second-order valence-corrected chi connectivity index (χ2v) is 3.10. The molecule has 6 heteroatoms. The quantitative estimate of drug-likeness (QED) is 0.584. The smallest absolute Gasteiger partial charge is 0.358 e. The molecule has 0 aliphatic carbocycles. The van der Waals surface area contributed by atoms with Crippen LogP contribution in [0, 0.1) is 6.92 Å². The second-order valence-electron chi connectivity index (χ2n) is 3.10. The molecule has 1 N–H and O–H groups in total. The maximum absolute atomic E-state index is 11.4. The number of hydrogen-bond donors (Lipinski definition) is 1. The first-order valence-corrected chi connectivity index (χ1v) is 4.43. The third-order valence-electron chi connectivity index (χ3n) is 2.06. The number of aliphatic hydroxyl groups is 1. The number of hydrogen-bond acceptors (Lipinski definition) is 6.